The molecule has 0 heterocycles. The molecule has 0 saturated carbocycles. The first-order chi connectivity index (χ1) is 16.4. The van der Waals surface area contributed by atoms with E-state index in [0.29, 0.717) is 31.0 Å². The number of carbonyl (C=O) groups is 1. The van der Waals surface area contributed by atoms with E-state index in [0.717, 1.165) is 33.8 Å². The Balaban J connectivity index is 1.48. The maximum Gasteiger partial charge on any atom is 0.333 e. The van der Waals surface area contributed by atoms with E-state index in [1.807, 2.05) is 55.5 Å². The lowest BCUT2D eigenvalue weighted by atomic mass is 10.0. The summed E-state index contributed by atoms with van der Waals surface area (Å²) in [5.41, 5.74) is 4.89. The highest BCUT2D eigenvalue weighted by atomic mass is 16.5. The summed E-state index contributed by atoms with van der Waals surface area (Å²) in [6, 6.07) is 24.3. The molecule has 0 unspecified atom stereocenters. The van der Waals surface area contributed by atoms with Crippen LogP contribution in [0.5, 0.6) is 11.5 Å². The van der Waals surface area contributed by atoms with Crippen molar-refractivity contribution in [3.8, 4) is 22.6 Å². The molecule has 0 aliphatic heterocycles. The number of benzene rings is 3. The van der Waals surface area contributed by atoms with Crippen LogP contribution in [-0.2, 0) is 9.53 Å². The minimum atomic E-state index is -0.367. The van der Waals surface area contributed by atoms with E-state index in [2.05, 4.69) is 49.6 Å². The van der Waals surface area contributed by atoms with Crippen molar-refractivity contribution in [1.82, 2.24) is 0 Å². The van der Waals surface area contributed by atoms with Crippen LogP contribution in [-0.4, -0.2) is 19.2 Å². The number of esters is 1. The van der Waals surface area contributed by atoms with Gasteiger partial charge in [-0.3, -0.25) is 0 Å². The summed E-state index contributed by atoms with van der Waals surface area (Å²) in [7, 11) is 0. The highest BCUT2D eigenvalue weighted by molar-refractivity contribution is 5.86. The number of allylic oxidation sites excluding steroid dienone is 1. The molecule has 3 rings (SSSR count). The lowest BCUT2D eigenvalue weighted by molar-refractivity contribution is -0.139. The predicted molar refractivity (Wildman–Crippen MR) is 139 cm³/mol. The van der Waals surface area contributed by atoms with Gasteiger partial charge in [-0.1, -0.05) is 73.8 Å². The molecule has 3 aromatic carbocycles. The van der Waals surface area contributed by atoms with Crippen LogP contribution in [0.25, 0.3) is 23.3 Å². The van der Waals surface area contributed by atoms with Gasteiger partial charge in [0.05, 0.1) is 19.0 Å². The minimum Gasteiger partial charge on any atom is -0.493 e. The number of hydrogen-bond donors (Lipinski definition) is 0. The van der Waals surface area contributed by atoms with Crippen molar-refractivity contribution in [1.29, 1.82) is 0 Å². The van der Waals surface area contributed by atoms with E-state index in [9.17, 15) is 4.79 Å². The van der Waals surface area contributed by atoms with Crippen LogP contribution in [0.4, 0.5) is 0 Å². The van der Waals surface area contributed by atoms with Gasteiger partial charge in [0.1, 0.15) is 11.5 Å². The van der Waals surface area contributed by atoms with Gasteiger partial charge in [0.2, 0.25) is 0 Å². The predicted octanol–water partition coefficient (Wildman–Crippen LogP) is 7.32. The number of ether oxygens (including phenoxy) is 3. The highest BCUT2D eigenvalue weighted by Gasteiger charge is 2.02. The van der Waals surface area contributed by atoms with E-state index in [4.69, 9.17) is 14.2 Å². The molecule has 34 heavy (non-hydrogen) atoms. The first-order valence-corrected chi connectivity index (χ1v) is 11.2. The molecule has 0 aliphatic carbocycles. The molecule has 0 bridgehead atoms. The summed E-state index contributed by atoms with van der Waals surface area (Å²) in [6.45, 7) is 11.6. The Bertz CT molecular complexity index is 1140. The largest absolute Gasteiger partial charge is 0.493 e. The van der Waals surface area contributed by atoms with Gasteiger partial charge in [-0.15, -0.1) is 0 Å². The van der Waals surface area contributed by atoms with Crippen molar-refractivity contribution in [2.45, 2.75) is 20.3 Å². The topological polar surface area (TPSA) is 44.8 Å². The Labute approximate surface area is 201 Å². The number of rotatable bonds is 11. The second-order valence-corrected chi connectivity index (χ2v) is 7.97. The molecule has 0 amide bonds. The molecule has 174 valence electrons. The standard InChI is InChI=1S/C30H30O4/c1-22(2)30(31)33-21-5-20-32-28-16-10-25(11-17-28)7-6-24-8-12-26(13-9-24)27-14-18-29(19-15-27)34-23(3)4/h6-19H,1,3,5,20-21H2,2,4H3/b7-6+. The zero-order valence-corrected chi connectivity index (χ0v) is 19.8. The van der Waals surface area contributed by atoms with Gasteiger partial charge in [0.25, 0.3) is 0 Å². The third kappa shape index (κ3) is 7.82. The molecule has 0 N–H and O–H groups in total. The Kier molecular flexibility index (Phi) is 8.87. The van der Waals surface area contributed by atoms with Gasteiger partial charge in [0, 0.05) is 12.0 Å². The van der Waals surface area contributed by atoms with Crippen LogP contribution in [0.1, 0.15) is 31.4 Å². The Hall–Kier alpha value is -4.05. The second-order valence-electron chi connectivity index (χ2n) is 7.97. The zero-order valence-electron chi connectivity index (χ0n) is 19.8. The lowest BCUT2D eigenvalue weighted by Gasteiger charge is -2.07. The number of carbonyl (C=O) groups excluding carboxylic acids is 1. The number of hydrogen-bond acceptors (Lipinski definition) is 4. The van der Waals surface area contributed by atoms with Crippen molar-refractivity contribution in [3.05, 3.63) is 108 Å². The molecule has 0 saturated heterocycles. The molecule has 0 atom stereocenters. The Morgan fingerprint density at radius 2 is 1.24 bits per heavy atom. The first-order valence-electron chi connectivity index (χ1n) is 11.2. The van der Waals surface area contributed by atoms with E-state index in [1.54, 1.807) is 6.92 Å². The van der Waals surface area contributed by atoms with Crippen LogP contribution in [0.2, 0.25) is 0 Å². The normalized spacial score (nSPS) is 10.6. The molecule has 0 radical (unpaired) electrons. The van der Waals surface area contributed by atoms with Crippen molar-refractivity contribution < 1.29 is 19.0 Å². The summed E-state index contributed by atoms with van der Waals surface area (Å²) in [5, 5.41) is 0. The molecule has 4 nitrogen and oxygen atoms in total. The maximum absolute atomic E-state index is 11.3. The van der Waals surface area contributed by atoms with E-state index >= 15 is 0 Å². The van der Waals surface area contributed by atoms with Crippen LogP contribution >= 0.6 is 0 Å². The third-order valence-electron chi connectivity index (χ3n) is 4.88. The quantitative estimate of drug-likeness (QED) is 0.100. The summed E-state index contributed by atoms with van der Waals surface area (Å²) >= 11 is 0. The van der Waals surface area contributed by atoms with Crippen molar-refractivity contribution in [2.75, 3.05) is 13.2 Å². The van der Waals surface area contributed by atoms with Gasteiger partial charge in [-0.25, -0.2) is 4.79 Å². The Morgan fingerprint density at radius 3 is 1.76 bits per heavy atom. The lowest BCUT2D eigenvalue weighted by Crippen LogP contribution is -2.09. The molecule has 0 aliphatic rings. The van der Waals surface area contributed by atoms with E-state index < -0.39 is 0 Å². The Morgan fingerprint density at radius 1 is 0.735 bits per heavy atom. The molecule has 0 fully saturated rings. The fourth-order valence-corrected chi connectivity index (χ4v) is 3.11. The van der Waals surface area contributed by atoms with Crippen molar-refractivity contribution in [3.63, 3.8) is 0 Å². The molecule has 3 aromatic rings. The van der Waals surface area contributed by atoms with Gasteiger partial charge >= 0.3 is 5.97 Å². The van der Waals surface area contributed by atoms with E-state index in [1.165, 1.54) is 0 Å². The third-order valence-corrected chi connectivity index (χ3v) is 4.88. The van der Waals surface area contributed by atoms with Gasteiger partial charge < -0.3 is 14.2 Å². The van der Waals surface area contributed by atoms with Crippen molar-refractivity contribution in [2.24, 2.45) is 0 Å². The summed E-state index contributed by atoms with van der Waals surface area (Å²) in [5.74, 6) is 1.88. The first kappa shape index (κ1) is 24.6. The fourth-order valence-electron chi connectivity index (χ4n) is 3.11. The average molecular weight is 455 g/mol. The molecule has 0 aromatic heterocycles. The van der Waals surface area contributed by atoms with Gasteiger partial charge in [-0.05, 0) is 60.4 Å². The van der Waals surface area contributed by atoms with Gasteiger partial charge in [0.15, 0.2) is 0 Å². The van der Waals surface area contributed by atoms with Gasteiger partial charge in [-0.2, -0.15) is 0 Å². The van der Waals surface area contributed by atoms with Crippen molar-refractivity contribution >= 4 is 18.1 Å². The monoisotopic (exact) mass is 454 g/mol. The fraction of sp³-hybridized carbons (Fsp3) is 0.167. The van der Waals surface area contributed by atoms with E-state index in [-0.39, 0.29) is 5.97 Å². The average Bonchev–Trinajstić information content (AvgIpc) is 2.83. The minimum absolute atomic E-state index is 0.319. The smallest absolute Gasteiger partial charge is 0.333 e. The summed E-state index contributed by atoms with van der Waals surface area (Å²) in [6.07, 6.45) is 4.78. The summed E-state index contributed by atoms with van der Waals surface area (Å²) in [4.78, 5) is 11.3. The molecule has 0 spiro atoms. The SMILES string of the molecule is C=C(C)Oc1ccc(-c2ccc(/C=C/c3ccc(OCCCOC(=O)C(=C)C)cc3)cc2)cc1. The molecule has 4 heteroatoms. The zero-order chi connectivity index (χ0) is 24.3. The summed E-state index contributed by atoms with van der Waals surface area (Å²) < 4.78 is 16.3. The van der Waals surface area contributed by atoms with Crippen LogP contribution in [0, 0.1) is 0 Å². The molecular weight excluding hydrogens is 424 g/mol. The highest BCUT2D eigenvalue weighted by Crippen LogP contribution is 2.24. The van der Waals surface area contributed by atoms with Crippen LogP contribution in [0.15, 0.2) is 97.3 Å². The van der Waals surface area contributed by atoms with Crippen LogP contribution in [0.3, 0.4) is 0 Å². The maximum atomic E-state index is 11.3. The van der Waals surface area contributed by atoms with Crippen LogP contribution < -0.4 is 9.47 Å². The second kappa shape index (κ2) is 12.3. The molecular formula is C30H30O4.